The van der Waals surface area contributed by atoms with Gasteiger partial charge in [-0.2, -0.15) is 0 Å². The van der Waals surface area contributed by atoms with E-state index in [0.717, 1.165) is 12.2 Å². The van der Waals surface area contributed by atoms with E-state index < -0.39 is 0 Å². The normalized spacial score (nSPS) is 32.1. The van der Waals surface area contributed by atoms with Crippen LogP contribution in [0.15, 0.2) is 24.3 Å². The third kappa shape index (κ3) is 2.93. The molecule has 1 spiro atoms. The molecule has 4 N–H and O–H groups in total. The van der Waals surface area contributed by atoms with Crippen LogP contribution < -0.4 is 16.4 Å². The highest BCUT2D eigenvalue weighted by atomic mass is 15.0. The first-order valence-corrected chi connectivity index (χ1v) is 7.57. The van der Waals surface area contributed by atoms with Gasteiger partial charge < -0.3 is 16.4 Å². The van der Waals surface area contributed by atoms with Crippen molar-refractivity contribution in [1.29, 1.82) is 0 Å². The van der Waals surface area contributed by atoms with Crippen LogP contribution in [-0.2, 0) is 0 Å². The number of piperidine rings is 1. The lowest BCUT2D eigenvalue weighted by Crippen LogP contribution is -2.43. The fourth-order valence-corrected chi connectivity index (χ4v) is 3.66. The zero-order valence-corrected chi connectivity index (χ0v) is 11.6. The van der Waals surface area contributed by atoms with Crippen LogP contribution in [-0.4, -0.2) is 19.6 Å². The quantitative estimate of drug-likeness (QED) is 0.679. The molecule has 0 aliphatic carbocycles. The fourth-order valence-electron chi connectivity index (χ4n) is 3.66. The topological polar surface area (TPSA) is 50.1 Å². The van der Waals surface area contributed by atoms with Crippen molar-refractivity contribution in [2.45, 2.75) is 38.1 Å². The Morgan fingerprint density at radius 1 is 1.05 bits per heavy atom. The second kappa shape index (κ2) is 5.51. The third-order valence-electron chi connectivity index (χ3n) is 4.83. The van der Waals surface area contributed by atoms with Crippen LogP contribution in [0.2, 0.25) is 0 Å². The molecule has 3 nitrogen and oxygen atoms in total. The van der Waals surface area contributed by atoms with Crippen LogP contribution >= 0.6 is 0 Å². The Labute approximate surface area is 116 Å². The highest BCUT2D eigenvalue weighted by molar-refractivity contribution is 5.40. The summed E-state index contributed by atoms with van der Waals surface area (Å²) in [4.78, 5) is 0. The van der Waals surface area contributed by atoms with Crippen LogP contribution in [0.25, 0.3) is 0 Å². The Morgan fingerprint density at radius 2 is 1.89 bits per heavy atom. The standard InChI is InChI=1S/C16H25N3/c17-14-5-3-13(4-6-14)15-11-16(8-10-19-15)7-1-2-9-18-12-16/h3-6,15,18-19H,1-2,7-12,17H2. The predicted molar refractivity (Wildman–Crippen MR) is 80.0 cm³/mol. The van der Waals surface area contributed by atoms with E-state index in [1.54, 1.807) is 0 Å². The van der Waals surface area contributed by atoms with Gasteiger partial charge in [0.1, 0.15) is 0 Å². The summed E-state index contributed by atoms with van der Waals surface area (Å²) in [6.07, 6.45) is 6.66. The lowest BCUT2D eigenvalue weighted by atomic mass is 9.72. The van der Waals surface area contributed by atoms with Crippen LogP contribution in [0.5, 0.6) is 0 Å². The van der Waals surface area contributed by atoms with Crippen molar-refractivity contribution >= 4 is 5.69 Å². The summed E-state index contributed by atoms with van der Waals surface area (Å²) < 4.78 is 0. The van der Waals surface area contributed by atoms with Gasteiger partial charge in [0.25, 0.3) is 0 Å². The fraction of sp³-hybridized carbons (Fsp3) is 0.625. The maximum Gasteiger partial charge on any atom is 0.0326 e. The first kappa shape index (κ1) is 12.9. The number of nitrogens with two attached hydrogens (primary N) is 1. The molecule has 2 aliphatic heterocycles. The van der Waals surface area contributed by atoms with Crippen molar-refractivity contribution in [1.82, 2.24) is 10.6 Å². The molecule has 2 atom stereocenters. The Bertz CT molecular complexity index is 405. The van der Waals surface area contributed by atoms with Crippen LogP contribution in [0, 0.1) is 5.41 Å². The summed E-state index contributed by atoms with van der Waals surface area (Å²) >= 11 is 0. The van der Waals surface area contributed by atoms with E-state index in [0.29, 0.717) is 11.5 Å². The number of hydrogen-bond acceptors (Lipinski definition) is 3. The maximum atomic E-state index is 5.78. The summed E-state index contributed by atoms with van der Waals surface area (Å²) in [6.45, 7) is 3.53. The van der Waals surface area contributed by atoms with E-state index in [4.69, 9.17) is 5.73 Å². The van der Waals surface area contributed by atoms with Gasteiger partial charge in [0, 0.05) is 18.3 Å². The highest BCUT2D eigenvalue weighted by Crippen LogP contribution is 2.41. The van der Waals surface area contributed by atoms with Gasteiger partial charge in [-0.3, -0.25) is 0 Å². The molecular formula is C16H25N3. The highest BCUT2D eigenvalue weighted by Gasteiger charge is 2.36. The van der Waals surface area contributed by atoms with Crippen LogP contribution in [0.1, 0.15) is 43.7 Å². The molecule has 104 valence electrons. The smallest absolute Gasteiger partial charge is 0.0326 e. The third-order valence-corrected chi connectivity index (χ3v) is 4.83. The molecule has 0 saturated carbocycles. The lowest BCUT2D eigenvalue weighted by molar-refractivity contribution is 0.152. The molecule has 19 heavy (non-hydrogen) atoms. The van der Waals surface area contributed by atoms with Gasteiger partial charge in [-0.1, -0.05) is 18.6 Å². The number of hydrogen-bond donors (Lipinski definition) is 3. The predicted octanol–water partition coefficient (Wildman–Crippen LogP) is 2.45. The van der Waals surface area contributed by atoms with Crippen molar-refractivity contribution in [2.75, 3.05) is 25.4 Å². The molecule has 2 fully saturated rings. The van der Waals surface area contributed by atoms with Gasteiger partial charge in [0.05, 0.1) is 0 Å². The Kier molecular flexibility index (Phi) is 3.76. The Balaban J connectivity index is 1.75. The average molecular weight is 259 g/mol. The molecule has 2 heterocycles. The number of rotatable bonds is 1. The van der Waals surface area contributed by atoms with Gasteiger partial charge in [0.2, 0.25) is 0 Å². The minimum atomic E-state index is 0.495. The first-order chi connectivity index (χ1) is 9.27. The van der Waals surface area contributed by atoms with Crippen LogP contribution in [0.3, 0.4) is 0 Å². The van der Waals surface area contributed by atoms with Gasteiger partial charge in [-0.05, 0) is 61.9 Å². The molecule has 2 saturated heterocycles. The molecule has 0 aromatic heterocycles. The monoisotopic (exact) mass is 259 g/mol. The van der Waals surface area contributed by atoms with Gasteiger partial charge in [-0.15, -0.1) is 0 Å². The van der Waals surface area contributed by atoms with E-state index >= 15 is 0 Å². The number of nitrogens with one attached hydrogen (secondary N) is 2. The van der Waals surface area contributed by atoms with Crippen molar-refractivity contribution in [3.05, 3.63) is 29.8 Å². The number of anilines is 1. The Hall–Kier alpha value is -1.06. The molecule has 1 aromatic rings. The molecule has 0 bridgehead atoms. The molecular weight excluding hydrogens is 234 g/mol. The van der Waals surface area contributed by atoms with E-state index in [-0.39, 0.29) is 0 Å². The minimum Gasteiger partial charge on any atom is -0.399 e. The van der Waals surface area contributed by atoms with E-state index in [9.17, 15) is 0 Å². The Morgan fingerprint density at radius 3 is 2.74 bits per heavy atom. The van der Waals surface area contributed by atoms with E-state index in [2.05, 4.69) is 22.8 Å². The molecule has 3 heteroatoms. The first-order valence-electron chi connectivity index (χ1n) is 7.57. The van der Waals surface area contributed by atoms with Gasteiger partial charge >= 0.3 is 0 Å². The second-order valence-electron chi connectivity index (χ2n) is 6.26. The lowest BCUT2D eigenvalue weighted by Gasteiger charge is -2.41. The summed E-state index contributed by atoms with van der Waals surface area (Å²) in [7, 11) is 0. The summed E-state index contributed by atoms with van der Waals surface area (Å²) in [5, 5.41) is 7.32. The maximum absolute atomic E-state index is 5.78. The van der Waals surface area contributed by atoms with E-state index in [1.165, 1.54) is 50.8 Å². The van der Waals surface area contributed by atoms with Gasteiger partial charge in [-0.25, -0.2) is 0 Å². The zero-order chi connectivity index (χ0) is 13.1. The summed E-state index contributed by atoms with van der Waals surface area (Å²) in [5.41, 5.74) is 8.53. The van der Waals surface area contributed by atoms with Crippen LogP contribution in [0.4, 0.5) is 5.69 Å². The van der Waals surface area contributed by atoms with Crippen molar-refractivity contribution in [2.24, 2.45) is 5.41 Å². The molecule has 0 radical (unpaired) electrons. The SMILES string of the molecule is Nc1ccc(C2CC3(CCCCNC3)CCN2)cc1. The van der Waals surface area contributed by atoms with E-state index in [1.807, 2.05) is 12.1 Å². The van der Waals surface area contributed by atoms with Crippen molar-refractivity contribution < 1.29 is 0 Å². The molecule has 1 aromatic carbocycles. The van der Waals surface area contributed by atoms with Crippen molar-refractivity contribution in [3.63, 3.8) is 0 Å². The molecule has 2 unspecified atom stereocenters. The van der Waals surface area contributed by atoms with Crippen molar-refractivity contribution in [3.8, 4) is 0 Å². The molecule has 0 amide bonds. The molecule has 3 rings (SSSR count). The largest absolute Gasteiger partial charge is 0.399 e. The zero-order valence-electron chi connectivity index (χ0n) is 11.6. The summed E-state index contributed by atoms with van der Waals surface area (Å²) in [5.74, 6) is 0. The minimum absolute atomic E-state index is 0.495. The molecule has 2 aliphatic rings. The number of benzene rings is 1. The second-order valence-corrected chi connectivity index (χ2v) is 6.26. The average Bonchev–Trinajstić information content (AvgIpc) is 2.65. The van der Waals surface area contributed by atoms with Gasteiger partial charge in [0.15, 0.2) is 0 Å². The number of nitrogen functional groups attached to an aromatic ring is 1. The summed E-state index contributed by atoms with van der Waals surface area (Å²) in [6, 6.07) is 8.88.